The number of pyridine rings is 1. The number of carbonyl (C=O) groups is 2. The summed E-state index contributed by atoms with van der Waals surface area (Å²) in [7, 11) is 0. The first-order valence-electron chi connectivity index (χ1n) is 9.78. The summed E-state index contributed by atoms with van der Waals surface area (Å²) in [6.45, 7) is 0. The Morgan fingerprint density at radius 3 is 2.48 bits per heavy atom. The second-order valence-electron chi connectivity index (χ2n) is 7.81. The summed E-state index contributed by atoms with van der Waals surface area (Å²) in [6.07, 6.45) is 2.19. The molecular weight excluding hydrogens is 435 g/mol. The number of nitrogens with zero attached hydrogens (tertiary/aromatic N) is 2. The van der Waals surface area contributed by atoms with E-state index in [1.165, 1.54) is 18.3 Å². The summed E-state index contributed by atoms with van der Waals surface area (Å²) in [6, 6.07) is 4.29. The van der Waals surface area contributed by atoms with Crippen molar-refractivity contribution in [3.8, 4) is 0 Å². The number of piperidine rings is 1. The van der Waals surface area contributed by atoms with Crippen molar-refractivity contribution in [2.75, 3.05) is 5.32 Å². The topological polar surface area (TPSA) is 82.5 Å². The molecule has 2 amide bonds. The third-order valence-electron chi connectivity index (χ3n) is 5.76. The number of alkyl halides is 2. The zero-order chi connectivity index (χ0) is 22.3. The lowest BCUT2D eigenvalue weighted by Gasteiger charge is -2.39. The molecule has 1 aromatic heterocycles. The fraction of sp³-hybridized carbons (Fsp3) is 0.381. The molecule has 0 saturated carbocycles. The van der Waals surface area contributed by atoms with Gasteiger partial charge in [-0.05, 0) is 56.0 Å². The molecule has 31 heavy (non-hydrogen) atoms. The summed E-state index contributed by atoms with van der Waals surface area (Å²) in [5.74, 6) is -7.73. The molecule has 1 aromatic carbocycles. The number of amides is 2. The number of aliphatic hydroxyl groups excluding tert-OH is 1. The lowest BCUT2D eigenvalue weighted by molar-refractivity contribution is -0.166. The van der Waals surface area contributed by atoms with E-state index in [9.17, 15) is 19.1 Å². The van der Waals surface area contributed by atoms with E-state index in [0.29, 0.717) is 18.9 Å². The van der Waals surface area contributed by atoms with Crippen molar-refractivity contribution in [3.63, 3.8) is 0 Å². The molecule has 2 atom stereocenters. The van der Waals surface area contributed by atoms with Crippen LogP contribution in [0.1, 0.15) is 41.6 Å². The largest absolute Gasteiger partial charge is 0.393 e. The molecule has 0 aliphatic carbocycles. The number of nitrogens with one attached hydrogen (secondary N) is 1. The van der Waals surface area contributed by atoms with Gasteiger partial charge in [-0.25, -0.2) is 9.37 Å². The summed E-state index contributed by atoms with van der Waals surface area (Å²) in [5, 5.41) is 12.4. The predicted molar refractivity (Wildman–Crippen MR) is 106 cm³/mol. The second kappa shape index (κ2) is 8.12. The van der Waals surface area contributed by atoms with Crippen LogP contribution in [-0.2, 0) is 10.7 Å². The molecule has 10 heteroatoms. The van der Waals surface area contributed by atoms with Gasteiger partial charge < -0.3 is 15.3 Å². The quantitative estimate of drug-likeness (QED) is 0.691. The minimum absolute atomic E-state index is 0.121. The first-order valence-corrected chi connectivity index (χ1v) is 10.2. The summed E-state index contributed by atoms with van der Waals surface area (Å²) in [5.41, 5.74) is -1.13. The molecule has 2 fully saturated rings. The number of hydrogen-bond acceptors (Lipinski definition) is 4. The normalized spacial score (nSPS) is 23.0. The molecule has 6 nitrogen and oxygen atoms in total. The molecule has 2 saturated heterocycles. The van der Waals surface area contributed by atoms with E-state index in [4.69, 9.17) is 11.6 Å². The summed E-state index contributed by atoms with van der Waals surface area (Å²) in [4.78, 5) is 30.1. The Kier molecular flexibility index (Phi) is 5.65. The Labute approximate surface area is 181 Å². The maximum atomic E-state index is 15.1. The molecule has 4 rings (SSSR count). The van der Waals surface area contributed by atoms with Gasteiger partial charge in [0.15, 0.2) is 0 Å². The van der Waals surface area contributed by atoms with Gasteiger partial charge in [-0.3, -0.25) is 9.59 Å². The molecule has 164 valence electrons. The Morgan fingerprint density at radius 1 is 1.16 bits per heavy atom. The molecular formula is C21H19ClF3N3O3. The predicted octanol–water partition coefficient (Wildman–Crippen LogP) is 3.73. The number of aliphatic hydroxyl groups is 1. The van der Waals surface area contributed by atoms with Crippen molar-refractivity contribution >= 4 is 29.1 Å². The van der Waals surface area contributed by atoms with E-state index >= 15 is 8.78 Å². The van der Waals surface area contributed by atoms with Crippen LogP contribution >= 0.6 is 11.6 Å². The van der Waals surface area contributed by atoms with E-state index in [0.717, 1.165) is 17.0 Å². The first-order chi connectivity index (χ1) is 14.7. The highest BCUT2D eigenvalue weighted by Crippen LogP contribution is 2.41. The van der Waals surface area contributed by atoms with E-state index < -0.39 is 47.3 Å². The van der Waals surface area contributed by atoms with Crippen LogP contribution in [0.15, 0.2) is 36.5 Å². The molecule has 2 aliphatic rings. The zero-order valence-electron chi connectivity index (χ0n) is 16.2. The monoisotopic (exact) mass is 453 g/mol. The highest BCUT2D eigenvalue weighted by atomic mass is 35.5. The van der Waals surface area contributed by atoms with E-state index in [-0.39, 0.29) is 29.2 Å². The Balaban J connectivity index is 1.60. The van der Waals surface area contributed by atoms with Crippen LogP contribution in [0.4, 0.5) is 18.9 Å². The molecule has 2 N–H and O–H groups in total. The average molecular weight is 454 g/mol. The highest BCUT2D eigenvalue weighted by Gasteiger charge is 2.53. The zero-order valence-corrected chi connectivity index (χ0v) is 17.0. The number of benzene rings is 1. The first kappa shape index (κ1) is 21.6. The molecule has 0 radical (unpaired) electrons. The van der Waals surface area contributed by atoms with E-state index in [1.54, 1.807) is 0 Å². The van der Waals surface area contributed by atoms with E-state index in [1.807, 2.05) is 0 Å². The van der Waals surface area contributed by atoms with Crippen molar-refractivity contribution < 1.29 is 27.9 Å². The van der Waals surface area contributed by atoms with Gasteiger partial charge >= 0.3 is 5.92 Å². The van der Waals surface area contributed by atoms with Crippen LogP contribution in [0, 0.1) is 5.82 Å². The lowest BCUT2D eigenvalue weighted by atomic mass is 9.96. The molecule has 2 unspecified atom stereocenters. The summed E-state index contributed by atoms with van der Waals surface area (Å²) >= 11 is 5.76. The average Bonchev–Trinajstić information content (AvgIpc) is 2.98. The van der Waals surface area contributed by atoms with Gasteiger partial charge in [0.2, 0.25) is 0 Å². The molecule has 2 bridgehead atoms. The minimum atomic E-state index is -4.16. The standard InChI is InChI=1S/C21H19ClF3N3O3/c22-18-8-12(5-6-26-18)27-19(30)11-1-4-17(23)16(7-11)21(24,25)20(31)28-13-2-3-14(28)10-15(29)9-13/h1,4-8,13-15,29H,2-3,9-10H2,(H,26,27,30). The maximum absolute atomic E-state index is 15.1. The smallest absolute Gasteiger partial charge is 0.352 e. The Morgan fingerprint density at radius 2 is 1.84 bits per heavy atom. The van der Waals surface area contributed by atoms with Crippen molar-refractivity contribution in [3.05, 3.63) is 58.6 Å². The minimum Gasteiger partial charge on any atom is -0.393 e. The molecule has 2 aromatic rings. The Bertz CT molecular complexity index is 1020. The number of aromatic nitrogens is 1. The van der Waals surface area contributed by atoms with Gasteiger partial charge in [0.25, 0.3) is 11.8 Å². The van der Waals surface area contributed by atoms with Crippen LogP contribution < -0.4 is 5.32 Å². The van der Waals surface area contributed by atoms with Crippen molar-refractivity contribution in [1.82, 2.24) is 9.88 Å². The van der Waals surface area contributed by atoms with Crippen molar-refractivity contribution in [1.29, 1.82) is 0 Å². The van der Waals surface area contributed by atoms with Crippen LogP contribution in [0.25, 0.3) is 0 Å². The number of carbonyl (C=O) groups excluding carboxylic acids is 2. The van der Waals surface area contributed by atoms with Gasteiger partial charge in [0.05, 0.1) is 11.7 Å². The molecule has 2 aliphatic heterocycles. The Hall–Kier alpha value is -2.65. The number of hydrogen-bond donors (Lipinski definition) is 2. The van der Waals surface area contributed by atoms with E-state index in [2.05, 4.69) is 10.3 Å². The molecule has 3 heterocycles. The second-order valence-corrected chi connectivity index (χ2v) is 8.20. The van der Waals surface area contributed by atoms with Gasteiger partial charge in [-0.15, -0.1) is 0 Å². The van der Waals surface area contributed by atoms with Gasteiger partial charge in [-0.1, -0.05) is 11.6 Å². The van der Waals surface area contributed by atoms with Crippen molar-refractivity contribution in [2.24, 2.45) is 0 Å². The summed E-state index contributed by atoms with van der Waals surface area (Å²) < 4.78 is 44.6. The fourth-order valence-corrected chi connectivity index (χ4v) is 4.52. The van der Waals surface area contributed by atoms with Crippen LogP contribution in [-0.4, -0.2) is 45.0 Å². The number of rotatable bonds is 4. The van der Waals surface area contributed by atoms with Gasteiger partial charge in [0.1, 0.15) is 11.0 Å². The maximum Gasteiger partial charge on any atom is 0.352 e. The van der Waals surface area contributed by atoms with Crippen LogP contribution in [0.3, 0.4) is 0 Å². The lowest BCUT2D eigenvalue weighted by Crippen LogP contribution is -2.53. The number of anilines is 1. The fourth-order valence-electron chi connectivity index (χ4n) is 4.35. The van der Waals surface area contributed by atoms with Crippen molar-refractivity contribution in [2.45, 2.75) is 49.8 Å². The number of halogens is 4. The number of fused-ring (bicyclic) bond motifs is 2. The van der Waals surface area contributed by atoms with Gasteiger partial charge in [0, 0.05) is 29.5 Å². The van der Waals surface area contributed by atoms with Crippen LogP contribution in [0.2, 0.25) is 5.15 Å². The van der Waals surface area contributed by atoms with Crippen LogP contribution in [0.5, 0.6) is 0 Å². The highest BCUT2D eigenvalue weighted by molar-refractivity contribution is 6.29. The molecule has 0 spiro atoms. The van der Waals surface area contributed by atoms with Gasteiger partial charge in [-0.2, -0.15) is 8.78 Å². The SMILES string of the molecule is O=C(Nc1ccnc(Cl)c1)c1ccc(F)c(C(F)(F)C(=O)N2C3CCC2CC(O)C3)c1. The third-order valence-corrected chi connectivity index (χ3v) is 5.97. The third kappa shape index (κ3) is 4.12.